The maximum absolute atomic E-state index is 12.1. The van der Waals surface area contributed by atoms with Crippen LogP contribution in [0.1, 0.15) is 10.6 Å². The number of methoxy groups -OCH3 is 1. The second-order valence-corrected chi connectivity index (χ2v) is 5.41. The van der Waals surface area contributed by atoms with Crippen LogP contribution in [0.15, 0.2) is 47.1 Å². The number of imide groups is 1. The maximum atomic E-state index is 12.1. The lowest BCUT2D eigenvalue weighted by Gasteiger charge is -2.35. The van der Waals surface area contributed by atoms with Gasteiger partial charge >= 0.3 is 6.03 Å². The van der Waals surface area contributed by atoms with Gasteiger partial charge in [-0.15, -0.1) is 0 Å². The molecular formula is C17H19N3O4. The number of furan rings is 1. The van der Waals surface area contributed by atoms with E-state index in [1.165, 1.54) is 12.3 Å². The van der Waals surface area contributed by atoms with Crippen molar-refractivity contribution in [1.29, 1.82) is 0 Å². The first-order valence-electron chi connectivity index (χ1n) is 7.70. The van der Waals surface area contributed by atoms with Gasteiger partial charge in [0.15, 0.2) is 5.76 Å². The van der Waals surface area contributed by atoms with E-state index in [0.29, 0.717) is 26.2 Å². The van der Waals surface area contributed by atoms with Crippen molar-refractivity contribution in [3.05, 3.63) is 48.4 Å². The summed E-state index contributed by atoms with van der Waals surface area (Å²) < 4.78 is 10.1. The standard InChI is InChI=1S/C17H19N3O4/c1-23-14-6-4-13(5-7-14)19-8-10-20(11-9-19)17(22)18-16(21)15-3-2-12-24-15/h2-7,12H,8-11H2,1H3,(H,18,21,22). The zero-order chi connectivity index (χ0) is 16.9. The van der Waals surface area contributed by atoms with Gasteiger partial charge in [-0.25, -0.2) is 4.79 Å². The van der Waals surface area contributed by atoms with Crippen LogP contribution in [0.4, 0.5) is 10.5 Å². The van der Waals surface area contributed by atoms with Crippen LogP contribution in [0.25, 0.3) is 0 Å². The molecule has 0 bridgehead atoms. The molecule has 1 N–H and O–H groups in total. The maximum Gasteiger partial charge on any atom is 0.324 e. The van der Waals surface area contributed by atoms with Gasteiger partial charge in [-0.3, -0.25) is 10.1 Å². The van der Waals surface area contributed by atoms with Gasteiger partial charge in [0.25, 0.3) is 5.91 Å². The van der Waals surface area contributed by atoms with Crippen molar-refractivity contribution in [1.82, 2.24) is 10.2 Å². The minimum Gasteiger partial charge on any atom is -0.497 e. The van der Waals surface area contributed by atoms with E-state index in [2.05, 4.69) is 10.2 Å². The van der Waals surface area contributed by atoms with Gasteiger partial charge in [0.2, 0.25) is 0 Å². The number of hydrogen-bond donors (Lipinski definition) is 1. The Labute approximate surface area is 139 Å². The highest BCUT2D eigenvalue weighted by Gasteiger charge is 2.23. The van der Waals surface area contributed by atoms with Crippen LogP contribution in [0.2, 0.25) is 0 Å². The van der Waals surface area contributed by atoms with Crippen LogP contribution >= 0.6 is 0 Å². The number of ether oxygens (including phenoxy) is 1. The van der Waals surface area contributed by atoms with Gasteiger partial charge in [-0.05, 0) is 36.4 Å². The van der Waals surface area contributed by atoms with E-state index in [0.717, 1.165) is 11.4 Å². The number of hydrogen-bond acceptors (Lipinski definition) is 5. The van der Waals surface area contributed by atoms with Gasteiger partial charge in [-0.1, -0.05) is 0 Å². The number of rotatable bonds is 3. The fourth-order valence-corrected chi connectivity index (χ4v) is 2.61. The summed E-state index contributed by atoms with van der Waals surface area (Å²) in [5.74, 6) is 0.413. The van der Waals surface area contributed by atoms with Crippen molar-refractivity contribution in [2.45, 2.75) is 0 Å². The second kappa shape index (κ2) is 7.08. The summed E-state index contributed by atoms with van der Waals surface area (Å²) in [4.78, 5) is 27.8. The number of nitrogens with zero attached hydrogens (tertiary/aromatic N) is 2. The van der Waals surface area contributed by atoms with Gasteiger partial charge in [-0.2, -0.15) is 0 Å². The summed E-state index contributed by atoms with van der Waals surface area (Å²) in [5, 5.41) is 2.34. The number of anilines is 1. The lowest BCUT2D eigenvalue weighted by Crippen LogP contribution is -2.52. The molecule has 1 aromatic carbocycles. The lowest BCUT2D eigenvalue weighted by molar-refractivity contribution is 0.0923. The molecule has 7 nitrogen and oxygen atoms in total. The largest absolute Gasteiger partial charge is 0.497 e. The average Bonchev–Trinajstić information content (AvgIpc) is 3.17. The summed E-state index contributed by atoms with van der Waals surface area (Å²) in [5.41, 5.74) is 1.09. The molecule has 0 unspecified atom stereocenters. The Bertz CT molecular complexity index is 689. The third-order valence-electron chi connectivity index (χ3n) is 3.97. The molecular weight excluding hydrogens is 310 g/mol. The van der Waals surface area contributed by atoms with E-state index in [1.54, 1.807) is 18.1 Å². The SMILES string of the molecule is COc1ccc(N2CCN(C(=O)NC(=O)c3ccco3)CC2)cc1. The molecule has 0 atom stereocenters. The summed E-state index contributed by atoms with van der Waals surface area (Å²) >= 11 is 0. The molecule has 0 aliphatic carbocycles. The van der Waals surface area contributed by atoms with E-state index in [-0.39, 0.29) is 5.76 Å². The molecule has 3 amide bonds. The molecule has 24 heavy (non-hydrogen) atoms. The number of benzene rings is 1. The molecule has 0 spiro atoms. The Morgan fingerprint density at radius 3 is 2.38 bits per heavy atom. The fraction of sp³-hybridized carbons (Fsp3) is 0.294. The Kier molecular flexibility index (Phi) is 4.69. The molecule has 3 rings (SSSR count). The van der Waals surface area contributed by atoms with Crippen LogP contribution in [-0.4, -0.2) is 50.1 Å². The topological polar surface area (TPSA) is 75.0 Å². The highest BCUT2D eigenvalue weighted by Crippen LogP contribution is 2.20. The fourth-order valence-electron chi connectivity index (χ4n) is 2.61. The summed E-state index contributed by atoms with van der Waals surface area (Å²) in [7, 11) is 1.64. The molecule has 1 aromatic heterocycles. The number of urea groups is 1. The Balaban J connectivity index is 1.52. The number of carbonyl (C=O) groups is 2. The van der Waals surface area contributed by atoms with E-state index in [4.69, 9.17) is 9.15 Å². The zero-order valence-electron chi connectivity index (χ0n) is 13.4. The molecule has 1 aliphatic heterocycles. The van der Waals surface area contributed by atoms with Crippen LogP contribution in [0.3, 0.4) is 0 Å². The molecule has 7 heteroatoms. The molecule has 2 aromatic rings. The van der Waals surface area contributed by atoms with Crippen LogP contribution in [0.5, 0.6) is 5.75 Å². The van der Waals surface area contributed by atoms with Crippen LogP contribution in [0, 0.1) is 0 Å². The zero-order valence-corrected chi connectivity index (χ0v) is 13.4. The molecule has 0 saturated carbocycles. The van der Waals surface area contributed by atoms with Gasteiger partial charge in [0.05, 0.1) is 13.4 Å². The third-order valence-corrected chi connectivity index (χ3v) is 3.97. The molecule has 1 aliphatic rings. The van der Waals surface area contributed by atoms with Crippen molar-refractivity contribution in [3.8, 4) is 5.75 Å². The predicted octanol–water partition coefficient (Wildman–Crippen LogP) is 1.96. The molecule has 2 heterocycles. The van der Waals surface area contributed by atoms with Crippen molar-refractivity contribution >= 4 is 17.6 Å². The Morgan fingerprint density at radius 2 is 1.79 bits per heavy atom. The Morgan fingerprint density at radius 1 is 1.08 bits per heavy atom. The first kappa shape index (κ1) is 15.9. The molecule has 126 valence electrons. The minimum absolute atomic E-state index is 0.125. The molecule has 0 radical (unpaired) electrons. The number of nitrogens with one attached hydrogen (secondary N) is 1. The number of amides is 3. The monoisotopic (exact) mass is 329 g/mol. The van der Waals surface area contributed by atoms with Crippen molar-refractivity contribution in [3.63, 3.8) is 0 Å². The van der Waals surface area contributed by atoms with Gasteiger partial charge < -0.3 is 19.0 Å². The van der Waals surface area contributed by atoms with Gasteiger partial charge in [0, 0.05) is 31.9 Å². The van der Waals surface area contributed by atoms with Gasteiger partial charge in [0.1, 0.15) is 5.75 Å². The minimum atomic E-state index is -0.525. The molecule has 1 saturated heterocycles. The first-order chi connectivity index (χ1) is 11.7. The summed E-state index contributed by atoms with van der Waals surface area (Å²) in [6.45, 7) is 2.50. The predicted molar refractivity (Wildman–Crippen MR) is 88.4 cm³/mol. The van der Waals surface area contributed by atoms with E-state index in [9.17, 15) is 9.59 Å². The van der Waals surface area contributed by atoms with E-state index < -0.39 is 11.9 Å². The highest BCUT2D eigenvalue weighted by atomic mass is 16.5. The number of piperazine rings is 1. The van der Waals surface area contributed by atoms with Crippen LogP contribution in [-0.2, 0) is 0 Å². The average molecular weight is 329 g/mol. The number of carbonyl (C=O) groups excluding carboxylic acids is 2. The van der Waals surface area contributed by atoms with Crippen molar-refractivity contribution in [2.24, 2.45) is 0 Å². The molecule has 1 fully saturated rings. The van der Waals surface area contributed by atoms with Crippen molar-refractivity contribution < 1.29 is 18.7 Å². The normalized spacial score (nSPS) is 14.4. The second-order valence-electron chi connectivity index (χ2n) is 5.41. The van der Waals surface area contributed by atoms with E-state index >= 15 is 0 Å². The highest BCUT2D eigenvalue weighted by molar-refractivity contribution is 6.02. The summed E-state index contributed by atoms with van der Waals surface area (Å²) in [6, 6.07) is 10.5. The van der Waals surface area contributed by atoms with Crippen molar-refractivity contribution in [2.75, 3.05) is 38.2 Å². The Hall–Kier alpha value is -2.96. The third kappa shape index (κ3) is 3.51. The first-order valence-corrected chi connectivity index (χ1v) is 7.70. The van der Waals surface area contributed by atoms with E-state index in [1.807, 2.05) is 24.3 Å². The summed E-state index contributed by atoms with van der Waals surface area (Å²) in [6.07, 6.45) is 1.40. The lowest BCUT2D eigenvalue weighted by atomic mass is 10.2. The van der Waals surface area contributed by atoms with Crippen LogP contribution < -0.4 is 15.0 Å². The smallest absolute Gasteiger partial charge is 0.324 e. The quantitative estimate of drug-likeness (QED) is 0.932.